The van der Waals surface area contributed by atoms with Gasteiger partial charge < -0.3 is 9.80 Å². The van der Waals surface area contributed by atoms with Gasteiger partial charge in [0.1, 0.15) is 12.4 Å². The van der Waals surface area contributed by atoms with E-state index in [1.165, 1.54) is 32.3 Å². The summed E-state index contributed by atoms with van der Waals surface area (Å²) in [6.07, 6.45) is 0. The Bertz CT molecular complexity index is 945. The number of piperazine rings is 1. The molecule has 7 nitrogen and oxygen atoms in total. The van der Waals surface area contributed by atoms with Gasteiger partial charge in [-0.2, -0.15) is 12.7 Å². The largest absolute Gasteiger partial charge is 0.368 e. The van der Waals surface area contributed by atoms with Crippen LogP contribution in [0.25, 0.3) is 0 Å². The molecule has 0 radical (unpaired) electrons. The molecule has 1 aliphatic heterocycles. The fourth-order valence-electron chi connectivity index (χ4n) is 3.22. The predicted molar refractivity (Wildman–Crippen MR) is 112 cm³/mol. The molecule has 0 spiro atoms. The van der Waals surface area contributed by atoms with Gasteiger partial charge in [0.15, 0.2) is 0 Å². The second-order valence-corrected chi connectivity index (χ2v) is 9.02. The van der Waals surface area contributed by atoms with E-state index in [1.54, 1.807) is 11.0 Å². The van der Waals surface area contributed by atoms with E-state index < -0.39 is 22.6 Å². The minimum atomic E-state index is -4.03. The van der Waals surface area contributed by atoms with Gasteiger partial charge in [0.2, 0.25) is 5.91 Å². The van der Waals surface area contributed by atoms with Crippen molar-refractivity contribution in [2.24, 2.45) is 0 Å². The van der Waals surface area contributed by atoms with Gasteiger partial charge in [-0.05, 0) is 24.3 Å². The van der Waals surface area contributed by atoms with Gasteiger partial charge in [0, 0.05) is 46.0 Å². The molecule has 29 heavy (non-hydrogen) atoms. The highest BCUT2D eigenvalue weighted by molar-refractivity contribution is 7.90. The second kappa shape index (κ2) is 8.79. The molecule has 3 rings (SSSR count). The first-order valence-electron chi connectivity index (χ1n) is 9.33. The number of halogens is 1. The summed E-state index contributed by atoms with van der Waals surface area (Å²) in [5.41, 5.74) is 0.945. The lowest BCUT2D eigenvalue weighted by atomic mass is 10.2. The highest BCUT2D eigenvalue weighted by atomic mass is 32.2. The minimum Gasteiger partial charge on any atom is -0.368 e. The lowest BCUT2D eigenvalue weighted by Crippen LogP contribution is -2.53. The first kappa shape index (κ1) is 21.1. The zero-order valence-electron chi connectivity index (χ0n) is 16.5. The lowest BCUT2D eigenvalue weighted by Gasteiger charge is -2.37. The summed E-state index contributed by atoms with van der Waals surface area (Å²) in [5, 5.41) is 0. The molecule has 0 aliphatic carbocycles. The molecule has 0 unspecified atom stereocenters. The summed E-state index contributed by atoms with van der Waals surface area (Å²) >= 11 is 0. The monoisotopic (exact) mass is 420 g/mol. The van der Waals surface area contributed by atoms with Crippen molar-refractivity contribution in [3.05, 3.63) is 60.4 Å². The summed E-state index contributed by atoms with van der Waals surface area (Å²) in [4.78, 5) is 16.7. The van der Waals surface area contributed by atoms with Crippen LogP contribution in [0.5, 0.6) is 0 Å². The number of hydrogen-bond acceptors (Lipinski definition) is 4. The molecule has 0 saturated carbocycles. The van der Waals surface area contributed by atoms with E-state index in [0.717, 1.165) is 14.3 Å². The van der Waals surface area contributed by atoms with Gasteiger partial charge in [-0.1, -0.05) is 30.3 Å². The Hall–Kier alpha value is -2.65. The van der Waals surface area contributed by atoms with Crippen molar-refractivity contribution in [1.29, 1.82) is 0 Å². The minimum absolute atomic E-state index is 0.141. The number of carbonyl (C=O) groups excluding carboxylic acids is 1. The molecule has 2 aromatic carbocycles. The highest BCUT2D eigenvalue weighted by Gasteiger charge is 2.31. The Morgan fingerprint density at radius 2 is 1.55 bits per heavy atom. The van der Waals surface area contributed by atoms with Gasteiger partial charge in [0.25, 0.3) is 0 Å². The van der Waals surface area contributed by atoms with Crippen molar-refractivity contribution in [3.8, 4) is 0 Å². The number of rotatable bonds is 6. The fraction of sp³-hybridized carbons (Fsp3) is 0.350. The molecule has 0 aromatic heterocycles. The molecular formula is C20H25FN4O3S. The van der Waals surface area contributed by atoms with Crippen LogP contribution in [-0.2, 0) is 15.0 Å². The van der Waals surface area contributed by atoms with Gasteiger partial charge in [0.05, 0.1) is 5.69 Å². The van der Waals surface area contributed by atoms with Crippen LogP contribution in [0.15, 0.2) is 54.6 Å². The van der Waals surface area contributed by atoms with Gasteiger partial charge in [-0.3, -0.25) is 4.79 Å². The summed E-state index contributed by atoms with van der Waals surface area (Å²) in [6, 6.07) is 15.5. The number of para-hydroxylation sites is 2. The standard InChI is InChI=1S/C20H25FN4O3S/c1-22(2)29(27,28)25(19-11-7-6-10-18(19)21)16-20(26)24-14-12-23(13-15-24)17-8-4-3-5-9-17/h3-11H,12-16H2,1-2H3. The molecule has 1 aliphatic rings. The van der Waals surface area contributed by atoms with Crippen LogP contribution in [0.4, 0.5) is 15.8 Å². The van der Waals surface area contributed by atoms with Crippen LogP contribution in [0.3, 0.4) is 0 Å². The van der Waals surface area contributed by atoms with Crippen molar-refractivity contribution in [2.45, 2.75) is 0 Å². The van der Waals surface area contributed by atoms with Crippen molar-refractivity contribution in [1.82, 2.24) is 9.21 Å². The average Bonchev–Trinajstić information content (AvgIpc) is 2.73. The normalized spacial score (nSPS) is 14.9. The molecule has 0 bridgehead atoms. The summed E-state index contributed by atoms with van der Waals surface area (Å²) in [5.74, 6) is -1.05. The van der Waals surface area contributed by atoms with Crippen LogP contribution in [0, 0.1) is 5.82 Å². The van der Waals surface area contributed by atoms with Crippen molar-refractivity contribution in [2.75, 3.05) is 56.0 Å². The predicted octanol–water partition coefficient (Wildman–Crippen LogP) is 1.79. The van der Waals surface area contributed by atoms with E-state index in [-0.39, 0.29) is 11.6 Å². The van der Waals surface area contributed by atoms with Crippen LogP contribution < -0.4 is 9.21 Å². The molecule has 0 atom stereocenters. The van der Waals surface area contributed by atoms with E-state index in [4.69, 9.17) is 0 Å². The molecular weight excluding hydrogens is 395 g/mol. The van der Waals surface area contributed by atoms with Crippen molar-refractivity contribution >= 4 is 27.5 Å². The number of carbonyl (C=O) groups is 1. The van der Waals surface area contributed by atoms with Gasteiger partial charge in [-0.25, -0.2) is 8.70 Å². The second-order valence-electron chi connectivity index (χ2n) is 6.95. The molecule has 1 amide bonds. The molecule has 156 valence electrons. The van der Waals surface area contributed by atoms with Crippen LogP contribution in [0.2, 0.25) is 0 Å². The zero-order valence-corrected chi connectivity index (χ0v) is 17.3. The van der Waals surface area contributed by atoms with Gasteiger partial charge in [-0.15, -0.1) is 0 Å². The Balaban J connectivity index is 1.73. The summed E-state index contributed by atoms with van der Waals surface area (Å²) in [7, 11) is -1.33. The molecule has 0 N–H and O–H groups in total. The maximum absolute atomic E-state index is 14.3. The van der Waals surface area contributed by atoms with Crippen LogP contribution >= 0.6 is 0 Å². The molecule has 1 saturated heterocycles. The molecule has 1 fully saturated rings. The first-order valence-corrected chi connectivity index (χ1v) is 10.7. The third-order valence-corrected chi connectivity index (χ3v) is 6.70. The fourth-order valence-corrected chi connectivity index (χ4v) is 4.28. The average molecular weight is 421 g/mol. The number of anilines is 2. The van der Waals surface area contributed by atoms with Crippen LogP contribution in [-0.4, -0.2) is 70.3 Å². The first-order chi connectivity index (χ1) is 13.8. The van der Waals surface area contributed by atoms with Crippen LogP contribution in [0.1, 0.15) is 0 Å². The third kappa shape index (κ3) is 4.68. The third-order valence-electron chi connectivity index (χ3n) is 4.89. The summed E-state index contributed by atoms with van der Waals surface area (Å²) < 4.78 is 41.6. The number of benzene rings is 2. The Morgan fingerprint density at radius 3 is 2.14 bits per heavy atom. The maximum Gasteiger partial charge on any atom is 0.304 e. The molecule has 1 heterocycles. The number of amides is 1. The van der Waals surface area contributed by atoms with Crippen molar-refractivity contribution < 1.29 is 17.6 Å². The van der Waals surface area contributed by atoms with E-state index >= 15 is 0 Å². The van der Waals surface area contributed by atoms with E-state index in [9.17, 15) is 17.6 Å². The zero-order chi connectivity index (χ0) is 21.0. The summed E-state index contributed by atoms with van der Waals surface area (Å²) in [6.45, 7) is 1.79. The quantitative estimate of drug-likeness (QED) is 0.715. The Morgan fingerprint density at radius 1 is 0.966 bits per heavy atom. The van der Waals surface area contributed by atoms with E-state index in [1.807, 2.05) is 30.3 Å². The highest BCUT2D eigenvalue weighted by Crippen LogP contribution is 2.23. The SMILES string of the molecule is CN(C)S(=O)(=O)N(CC(=O)N1CCN(c2ccccc2)CC1)c1ccccc1F. The number of hydrogen-bond donors (Lipinski definition) is 0. The smallest absolute Gasteiger partial charge is 0.304 e. The Labute approximate surface area is 171 Å². The molecule has 9 heteroatoms. The van der Waals surface area contributed by atoms with Crippen molar-refractivity contribution in [3.63, 3.8) is 0 Å². The maximum atomic E-state index is 14.3. The van der Waals surface area contributed by atoms with Gasteiger partial charge >= 0.3 is 10.2 Å². The topological polar surface area (TPSA) is 64.2 Å². The Kier molecular flexibility index (Phi) is 6.39. The number of nitrogens with zero attached hydrogens (tertiary/aromatic N) is 4. The van der Waals surface area contributed by atoms with E-state index in [2.05, 4.69) is 4.90 Å². The van der Waals surface area contributed by atoms with E-state index in [0.29, 0.717) is 26.2 Å². The lowest BCUT2D eigenvalue weighted by molar-refractivity contribution is -0.129. The molecule has 2 aromatic rings.